The Morgan fingerprint density at radius 2 is 2.05 bits per heavy atom. The summed E-state index contributed by atoms with van der Waals surface area (Å²) in [7, 11) is 0. The molecule has 0 bridgehead atoms. The average Bonchev–Trinajstić information content (AvgIpc) is 2.43. The molecule has 0 amide bonds. The van der Waals surface area contributed by atoms with E-state index in [1.54, 1.807) is 10.7 Å². The van der Waals surface area contributed by atoms with Gasteiger partial charge in [0.25, 0.3) is 5.56 Å². The third-order valence-corrected chi connectivity index (χ3v) is 5.36. The van der Waals surface area contributed by atoms with Gasteiger partial charge in [0.1, 0.15) is 0 Å². The predicted octanol–water partition coefficient (Wildman–Crippen LogP) is 0.577. The Kier molecular flexibility index (Phi) is 3.34. The Hall–Kier alpha value is -1.20. The molecule has 1 saturated carbocycles. The van der Waals surface area contributed by atoms with Gasteiger partial charge in [0.05, 0.1) is 18.3 Å². The lowest BCUT2D eigenvalue weighted by Gasteiger charge is -2.50. The van der Waals surface area contributed by atoms with Crippen LogP contribution in [0.15, 0.2) is 10.9 Å². The maximum atomic E-state index is 12.1. The van der Waals surface area contributed by atoms with Gasteiger partial charge < -0.3 is 5.11 Å². The topological polar surface area (TPSA) is 58.4 Å². The van der Waals surface area contributed by atoms with Gasteiger partial charge in [0.15, 0.2) is 0 Å². The van der Waals surface area contributed by atoms with Crippen LogP contribution in [0.3, 0.4) is 0 Å². The summed E-state index contributed by atoms with van der Waals surface area (Å²) >= 11 is 0. The lowest BCUT2D eigenvalue weighted by molar-refractivity contribution is -0.0721. The smallest absolute Gasteiger partial charge is 0.267 e. The zero-order chi connectivity index (χ0) is 14.4. The fourth-order valence-corrected chi connectivity index (χ4v) is 3.86. The van der Waals surface area contributed by atoms with E-state index in [0.29, 0.717) is 12.0 Å². The summed E-state index contributed by atoms with van der Waals surface area (Å²) in [5, 5.41) is 14.3. The molecule has 4 rings (SSSR count). The molecule has 1 saturated heterocycles. The van der Waals surface area contributed by atoms with Crippen molar-refractivity contribution in [1.82, 2.24) is 14.7 Å². The highest BCUT2D eigenvalue weighted by molar-refractivity contribution is 5.20. The number of aliphatic hydroxyl groups is 1. The number of fused-ring (bicyclic) bond motifs is 1. The molecule has 2 unspecified atom stereocenters. The van der Waals surface area contributed by atoms with Crippen molar-refractivity contribution in [2.24, 2.45) is 5.92 Å². The van der Waals surface area contributed by atoms with Crippen LogP contribution in [-0.4, -0.2) is 45.0 Å². The zero-order valence-electron chi connectivity index (χ0n) is 12.4. The van der Waals surface area contributed by atoms with Crippen LogP contribution in [-0.2, 0) is 19.4 Å². The molecule has 0 aromatic carbocycles. The minimum absolute atomic E-state index is 0.0535. The summed E-state index contributed by atoms with van der Waals surface area (Å²) in [6.07, 6.45) is 6.32. The van der Waals surface area contributed by atoms with Gasteiger partial charge >= 0.3 is 0 Å². The van der Waals surface area contributed by atoms with Gasteiger partial charge in [-0.2, -0.15) is 5.10 Å². The van der Waals surface area contributed by atoms with E-state index >= 15 is 0 Å². The molecule has 2 fully saturated rings. The van der Waals surface area contributed by atoms with Crippen LogP contribution in [0.5, 0.6) is 0 Å². The molecule has 3 aliphatic rings. The average molecular weight is 289 g/mol. The first-order chi connectivity index (χ1) is 10.2. The van der Waals surface area contributed by atoms with Crippen molar-refractivity contribution in [3.8, 4) is 0 Å². The third kappa shape index (κ3) is 2.42. The molecule has 2 heterocycles. The van der Waals surface area contributed by atoms with Crippen LogP contribution in [0.4, 0.5) is 0 Å². The predicted molar refractivity (Wildman–Crippen MR) is 79.2 cm³/mol. The number of hydrogen-bond donors (Lipinski definition) is 1. The first kappa shape index (κ1) is 13.5. The molecule has 2 aliphatic carbocycles. The van der Waals surface area contributed by atoms with E-state index in [2.05, 4.69) is 10.00 Å². The third-order valence-electron chi connectivity index (χ3n) is 5.36. The maximum Gasteiger partial charge on any atom is 0.267 e. The molecular weight excluding hydrogens is 266 g/mol. The van der Waals surface area contributed by atoms with Crippen molar-refractivity contribution in [2.45, 2.75) is 57.2 Å². The minimum Gasteiger partial charge on any atom is -0.391 e. The monoisotopic (exact) mass is 289 g/mol. The molecule has 0 spiro atoms. The molecule has 114 valence electrons. The summed E-state index contributed by atoms with van der Waals surface area (Å²) in [5.41, 5.74) is 2.35. The van der Waals surface area contributed by atoms with Crippen LogP contribution in [0.2, 0.25) is 0 Å². The van der Waals surface area contributed by atoms with Crippen LogP contribution in [0.1, 0.15) is 36.9 Å². The first-order valence-corrected chi connectivity index (χ1v) is 8.23. The molecule has 21 heavy (non-hydrogen) atoms. The van der Waals surface area contributed by atoms with Gasteiger partial charge in [0, 0.05) is 31.1 Å². The molecule has 1 aliphatic heterocycles. The van der Waals surface area contributed by atoms with Crippen molar-refractivity contribution in [2.75, 3.05) is 13.1 Å². The lowest BCUT2D eigenvalue weighted by Crippen LogP contribution is -2.60. The first-order valence-electron chi connectivity index (χ1n) is 8.23. The number of nitrogens with zero attached hydrogens (tertiary/aromatic N) is 3. The van der Waals surface area contributed by atoms with E-state index in [0.717, 1.165) is 56.6 Å². The number of aryl methyl sites for hydroxylation is 2. The Balaban J connectivity index is 1.40. The van der Waals surface area contributed by atoms with Crippen LogP contribution < -0.4 is 5.56 Å². The van der Waals surface area contributed by atoms with Crippen molar-refractivity contribution >= 4 is 0 Å². The summed E-state index contributed by atoms with van der Waals surface area (Å²) in [6, 6.07) is 2.17. The standard InChI is InChI=1S/C16H23N3O2/c20-15-6-5-14(15)18-8-11(9-18)10-19-16(21)7-12-3-1-2-4-13(12)17-19/h7,11,14-15,20H,1-6,8-10H2. The van der Waals surface area contributed by atoms with E-state index in [4.69, 9.17) is 0 Å². The van der Waals surface area contributed by atoms with Crippen molar-refractivity contribution in [3.63, 3.8) is 0 Å². The van der Waals surface area contributed by atoms with E-state index in [1.807, 2.05) is 0 Å². The van der Waals surface area contributed by atoms with Gasteiger partial charge in [0.2, 0.25) is 0 Å². The minimum atomic E-state index is -0.129. The molecule has 5 nitrogen and oxygen atoms in total. The summed E-state index contributed by atoms with van der Waals surface area (Å²) in [5.74, 6) is 0.504. The quantitative estimate of drug-likeness (QED) is 0.884. The van der Waals surface area contributed by atoms with Crippen molar-refractivity contribution < 1.29 is 5.11 Å². The molecule has 5 heteroatoms. The second-order valence-electron chi connectivity index (χ2n) is 6.88. The fraction of sp³-hybridized carbons (Fsp3) is 0.750. The van der Waals surface area contributed by atoms with Gasteiger partial charge in [-0.1, -0.05) is 0 Å². The normalized spacial score (nSPS) is 29.6. The lowest BCUT2D eigenvalue weighted by atomic mass is 9.83. The second-order valence-corrected chi connectivity index (χ2v) is 6.88. The van der Waals surface area contributed by atoms with E-state index in [-0.39, 0.29) is 11.7 Å². The van der Waals surface area contributed by atoms with E-state index < -0.39 is 0 Å². The Bertz CT molecular complexity index is 592. The summed E-state index contributed by atoms with van der Waals surface area (Å²) in [6.45, 7) is 2.71. The SMILES string of the molecule is O=c1cc2c(nn1CC1CN(C3CCC3O)C1)CCCC2. The molecule has 2 atom stereocenters. The van der Waals surface area contributed by atoms with Gasteiger partial charge in [-0.25, -0.2) is 4.68 Å². The number of rotatable bonds is 3. The Morgan fingerprint density at radius 3 is 2.76 bits per heavy atom. The van der Waals surface area contributed by atoms with Crippen LogP contribution in [0.25, 0.3) is 0 Å². The van der Waals surface area contributed by atoms with E-state index in [1.165, 1.54) is 12.8 Å². The highest BCUT2D eigenvalue weighted by atomic mass is 16.3. The molecular formula is C16H23N3O2. The van der Waals surface area contributed by atoms with Crippen LogP contribution in [0, 0.1) is 5.92 Å². The number of aliphatic hydroxyl groups excluding tert-OH is 1. The highest BCUT2D eigenvalue weighted by Crippen LogP contribution is 2.31. The van der Waals surface area contributed by atoms with Crippen LogP contribution >= 0.6 is 0 Å². The number of hydrogen-bond acceptors (Lipinski definition) is 4. The highest BCUT2D eigenvalue weighted by Gasteiger charge is 2.40. The largest absolute Gasteiger partial charge is 0.391 e. The van der Waals surface area contributed by atoms with E-state index in [9.17, 15) is 9.90 Å². The van der Waals surface area contributed by atoms with Crippen molar-refractivity contribution in [1.29, 1.82) is 0 Å². The molecule has 1 N–H and O–H groups in total. The van der Waals surface area contributed by atoms with Gasteiger partial charge in [-0.3, -0.25) is 9.69 Å². The van der Waals surface area contributed by atoms with Gasteiger partial charge in [-0.15, -0.1) is 0 Å². The molecule has 0 radical (unpaired) electrons. The molecule has 1 aromatic rings. The number of aromatic nitrogens is 2. The van der Waals surface area contributed by atoms with Gasteiger partial charge in [-0.05, 0) is 44.1 Å². The Labute approximate surface area is 124 Å². The Morgan fingerprint density at radius 1 is 1.24 bits per heavy atom. The second kappa shape index (κ2) is 5.21. The molecule has 1 aromatic heterocycles. The number of likely N-dealkylation sites (tertiary alicyclic amines) is 1. The zero-order valence-corrected chi connectivity index (χ0v) is 12.4. The maximum absolute atomic E-state index is 12.1. The summed E-state index contributed by atoms with van der Waals surface area (Å²) < 4.78 is 1.67. The summed E-state index contributed by atoms with van der Waals surface area (Å²) in [4.78, 5) is 14.5. The fourth-order valence-electron chi connectivity index (χ4n) is 3.86. The van der Waals surface area contributed by atoms with Crippen molar-refractivity contribution in [3.05, 3.63) is 27.7 Å².